The van der Waals surface area contributed by atoms with Crippen LogP contribution in [0.4, 0.5) is 0 Å². The van der Waals surface area contributed by atoms with Gasteiger partial charge in [-0.25, -0.2) is 0 Å². The van der Waals surface area contributed by atoms with Crippen molar-refractivity contribution in [2.45, 2.75) is 270 Å². The van der Waals surface area contributed by atoms with Crippen LogP contribution >= 0.6 is 7.82 Å². The molecule has 2 N–H and O–H groups in total. The lowest BCUT2D eigenvalue weighted by Gasteiger charge is -2.30. The van der Waals surface area contributed by atoms with Gasteiger partial charge in [-0.2, -0.15) is 0 Å². The van der Waals surface area contributed by atoms with E-state index in [1.165, 1.54) is 193 Å². The first-order chi connectivity index (χ1) is 28.0. The number of amides is 1. The molecule has 0 saturated heterocycles. The lowest BCUT2D eigenvalue weighted by atomic mass is 10.0. The van der Waals surface area contributed by atoms with Crippen molar-refractivity contribution in [2.75, 3.05) is 40.9 Å². The predicted octanol–water partition coefficient (Wildman–Crippen LogP) is 13.9. The Kier molecular flexibility index (Phi) is 41.5. The molecule has 0 radical (unpaired) electrons. The molecule has 348 valence electrons. The van der Waals surface area contributed by atoms with Crippen molar-refractivity contribution in [2.24, 2.45) is 0 Å². The maximum Gasteiger partial charge on any atom is 0.268 e. The number of nitrogens with one attached hydrogen (secondary N) is 1. The van der Waals surface area contributed by atoms with Crippen LogP contribution < -0.4 is 10.2 Å². The van der Waals surface area contributed by atoms with Crippen molar-refractivity contribution >= 4 is 13.7 Å². The molecule has 0 aliphatic carbocycles. The zero-order valence-electron chi connectivity index (χ0n) is 39.5. The first-order valence-corrected chi connectivity index (χ1v) is 26.8. The zero-order valence-corrected chi connectivity index (χ0v) is 40.4. The van der Waals surface area contributed by atoms with Crippen molar-refractivity contribution in [1.82, 2.24) is 5.32 Å². The van der Waals surface area contributed by atoms with Gasteiger partial charge < -0.3 is 28.8 Å². The molecule has 0 aliphatic heterocycles. The average molecular weight is 845 g/mol. The van der Waals surface area contributed by atoms with Crippen LogP contribution in [0.25, 0.3) is 0 Å². The van der Waals surface area contributed by atoms with Crippen LogP contribution in [0.1, 0.15) is 258 Å². The van der Waals surface area contributed by atoms with Crippen molar-refractivity contribution in [1.29, 1.82) is 0 Å². The number of carbonyl (C=O) groups excluding carboxylic acids is 1. The van der Waals surface area contributed by atoms with E-state index >= 15 is 0 Å². The van der Waals surface area contributed by atoms with Gasteiger partial charge in [-0.05, 0) is 12.8 Å². The number of aliphatic hydroxyl groups excluding tert-OH is 1. The second-order valence-corrected chi connectivity index (χ2v) is 20.3. The van der Waals surface area contributed by atoms with Gasteiger partial charge in [0.05, 0.1) is 39.9 Å². The highest BCUT2D eigenvalue weighted by Gasteiger charge is 2.24. The lowest BCUT2D eigenvalue weighted by molar-refractivity contribution is -0.870. The Labute approximate surface area is 361 Å². The number of likely N-dealkylation sites (N-methyl/N-ethyl adjacent to an activating group) is 1. The van der Waals surface area contributed by atoms with Gasteiger partial charge in [-0.1, -0.05) is 239 Å². The molecule has 0 aromatic rings. The van der Waals surface area contributed by atoms with Crippen LogP contribution in [-0.4, -0.2) is 68.5 Å². The minimum atomic E-state index is -4.55. The summed E-state index contributed by atoms with van der Waals surface area (Å²) in [6, 6.07) is -0.792. The van der Waals surface area contributed by atoms with Crippen molar-refractivity contribution in [3.63, 3.8) is 0 Å². The predicted molar refractivity (Wildman–Crippen MR) is 247 cm³/mol. The standard InChI is InChI=1S/C49H101N2O6P/c1-6-8-10-12-14-16-17-18-19-20-21-22-23-24-25-26-27-28-29-30-31-32-33-34-35-36-38-40-42-48(52)47(46-57-58(54,55)56-45-44-51(3,4)5)50-49(53)43-41-39-37-15-13-11-9-7-2/h47-48,52H,6-46H2,1-5H3,(H-,50,53,54,55). The quantitative estimate of drug-likeness (QED) is 0.0359. The van der Waals surface area contributed by atoms with Gasteiger partial charge in [-0.3, -0.25) is 9.36 Å². The van der Waals surface area contributed by atoms with E-state index in [1.807, 2.05) is 21.1 Å². The Hall–Kier alpha value is -0.500. The van der Waals surface area contributed by atoms with Crippen LogP contribution in [0.5, 0.6) is 0 Å². The first-order valence-electron chi connectivity index (χ1n) is 25.4. The minimum Gasteiger partial charge on any atom is -0.756 e. The van der Waals surface area contributed by atoms with Gasteiger partial charge in [0.1, 0.15) is 13.2 Å². The Morgan fingerprint density at radius 1 is 0.534 bits per heavy atom. The van der Waals surface area contributed by atoms with E-state index in [1.54, 1.807) is 0 Å². The fourth-order valence-corrected chi connectivity index (χ4v) is 8.53. The monoisotopic (exact) mass is 845 g/mol. The van der Waals surface area contributed by atoms with Crippen LogP contribution in [0, 0.1) is 0 Å². The highest BCUT2D eigenvalue weighted by atomic mass is 31.2. The number of carbonyl (C=O) groups is 1. The third kappa shape index (κ3) is 43.6. The van der Waals surface area contributed by atoms with E-state index in [-0.39, 0.29) is 19.1 Å². The molecule has 0 aliphatic rings. The van der Waals surface area contributed by atoms with Crippen LogP contribution in [0.3, 0.4) is 0 Å². The van der Waals surface area contributed by atoms with E-state index < -0.39 is 20.0 Å². The third-order valence-corrected chi connectivity index (χ3v) is 12.8. The van der Waals surface area contributed by atoms with Crippen molar-refractivity contribution in [3.05, 3.63) is 0 Å². The van der Waals surface area contributed by atoms with E-state index in [0.29, 0.717) is 23.9 Å². The summed E-state index contributed by atoms with van der Waals surface area (Å²) in [6.45, 7) is 4.71. The second-order valence-electron chi connectivity index (χ2n) is 18.9. The summed E-state index contributed by atoms with van der Waals surface area (Å²) < 4.78 is 23.2. The van der Waals surface area contributed by atoms with E-state index in [2.05, 4.69) is 19.2 Å². The molecule has 9 heteroatoms. The van der Waals surface area contributed by atoms with Gasteiger partial charge in [0.2, 0.25) is 5.91 Å². The molecule has 0 fully saturated rings. The summed E-state index contributed by atoms with van der Waals surface area (Å²) in [5, 5.41) is 13.9. The van der Waals surface area contributed by atoms with E-state index in [0.717, 1.165) is 38.5 Å². The fourth-order valence-electron chi connectivity index (χ4n) is 7.81. The SMILES string of the molecule is CCCCCCCCCCCCCCCCCCCCCCCCCCCCCCC(O)C(COP(=O)([O-])OCC[N+](C)(C)C)NC(=O)CCCCCCCCCC. The number of unbranched alkanes of at least 4 members (excludes halogenated alkanes) is 34. The van der Waals surface area contributed by atoms with Crippen molar-refractivity contribution in [3.8, 4) is 0 Å². The minimum absolute atomic E-state index is 0.0158. The smallest absolute Gasteiger partial charge is 0.268 e. The number of phosphoric acid groups is 1. The highest BCUT2D eigenvalue weighted by molar-refractivity contribution is 7.45. The number of hydrogen-bond donors (Lipinski definition) is 2. The molecule has 0 bridgehead atoms. The maximum absolute atomic E-state index is 12.8. The van der Waals surface area contributed by atoms with Gasteiger partial charge in [-0.15, -0.1) is 0 Å². The molecule has 3 unspecified atom stereocenters. The molecule has 8 nitrogen and oxygen atoms in total. The fraction of sp³-hybridized carbons (Fsp3) is 0.980. The number of nitrogens with zero attached hydrogens (tertiary/aromatic N) is 1. The number of phosphoric ester groups is 1. The van der Waals surface area contributed by atoms with Gasteiger partial charge in [0.15, 0.2) is 0 Å². The molecule has 3 atom stereocenters. The van der Waals surface area contributed by atoms with E-state index in [4.69, 9.17) is 9.05 Å². The number of hydrogen-bond acceptors (Lipinski definition) is 6. The summed E-state index contributed by atoms with van der Waals surface area (Å²) in [5.74, 6) is -0.166. The van der Waals surface area contributed by atoms with Crippen LogP contribution in [0.2, 0.25) is 0 Å². The Balaban J connectivity index is 3.97. The summed E-state index contributed by atoms with van der Waals surface area (Å²) in [7, 11) is 1.32. The maximum atomic E-state index is 12.8. The first kappa shape index (κ1) is 57.5. The molecule has 0 heterocycles. The molecule has 0 saturated carbocycles. The summed E-state index contributed by atoms with van der Waals surface area (Å²) >= 11 is 0. The van der Waals surface area contributed by atoms with Gasteiger partial charge in [0, 0.05) is 6.42 Å². The Morgan fingerprint density at radius 2 is 0.845 bits per heavy atom. The number of rotatable bonds is 47. The summed E-state index contributed by atoms with van der Waals surface area (Å²) in [4.78, 5) is 25.2. The molecule has 0 rings (SSSR count). The summed E-state index contributed by atoms with van der Waals surface area (Å²) in [5.41, 5.74) is 0. The molecular weight excluding hydrogens is 744 g/mol. The van der Waals surface area contributed by atoms with Gasteiger partial charge in [0.25, 0.3) is 7.82 Å². The van der Waals surface area contributed by atoms with Crippen LogP contribution in [-0.2, 0) is 18.4 Å². The molecule has 0 aromatic carbocycles. The van der Waals surface area contributed by atoms with Gasteiger partial charge >= 0.3 is 0 Å². The zero-order chi connectivity index (χ0) is 42.8. The topological polar surface area (TPSA) is 108 Å². The average Bonchev–Trinajstić information content (AvgIpc) is 3.17. The Morgan fingerprint density at radius 3 is 1.17 bits per heavy atom. The summed E-state index contributed by atoms with van der Waals surface area (Å²) in [6.07, 6.45) is 47.2. The molecule has 0 aromatic heterocycles. The molecular formula is C49H101N2O6P. The lowest BCUT2D eigenvalue weighted by Crippen LogP contribution is -2.46. The number of aliphatic hydroxyl groups is 1. The third-order valence-electron chi connectivity index (χ3n) is 11.8. The van der Waals surface area contributed by atoms with Crippen molar-refractivity contribution < 1.29 is 32.9 Å². The van der Waals surface area contributed by atoms with E-state index in [9.17, 15) is 19.4 Å². The highest BCUT2D eigenvalue weighted by Crippen LogP contribution is 2.38. The normalized spacial score (nSPS) is 14.1. The molecule has 0 spiro atoms. The largest absolute Gasteiger partial charge is 0.756 e. The molecule has 58 heavy (non-hydrogen) atoms. The molecule has 1 amide bonds. The van der Waals surface area contributed by atoms with Crippen LogP contribution in [0.15, 0.2) is 0 Å². The number of quaternary nitrogens is 1. The Bertz CT molecular complexity index is 916. The second kappa shape index (κ2) is 41.8.